The number of hydrogen-bond donors (Lipinski definition) is 2. The van der Waals surface area contributed by atoms with Crippen molar-refractivity contribution < 1.29 is 64.6 Å². The quantitative estimate of drug-likeness (QED) is 0.141. The summed E-state index contributed by atoms with van der Waals surface area (Å²) in [6, 6.07) is 16.9. The third-order valence-corrected chi connectivity index (χ3v) is 14.1. The van der Waals surface area contributed by atoms with E-state index in [2.05, 4.69) is 119 Å². The molecule has 2 N–H and O–H groups in total. The summed E-state index contributed by atoms with van der Waals surface area (Å²) in [5, 5.41) is 0. The molecule has 0 saturated carbocycles. The van der Waals surface area contributed by atoms with Gasteiger partial charge in [-0.05, 0) is 88.4 Å². The van der Waals surface area contributed by atoms with Gasteiger partial charge < -0.3 is 28.4 Å². The number of fused-ring (bicyclic) bond motifs is 4. The molecule has 4 aromatic rings. The molecule has 2 aliphatic rings. The first-order valence-corrected chi connectivity index (χ1v) is 29.6. The first kappa shape index (κ1) is 60.0. The molecule has 18 heteroatoms. The van der Waals surface area contributed by atoms with Crippen LogP contribution >= 0.6 is 0 Å². The molecule has 0 fully saturated rings. The van der Waals surface area contributed by atoms with E-state index < -0.39 is 55.9 Å². The van der Waals surface area contributed by atoms with Crippen molar-refractivity contribution in [3.63, 3.8) is 0 Å². The van der Waals surface area contributed by atoms with Crippen molar-refractivity contribution in [2.24, 2.45) is 0 Å². The standard InChI is InChI=1S/C58H80N2O14S2/c1-55(2,3)45-27-37-23-38-28-46(56(4,5)6)30-40-25-42-32-48(58(10,11)12)34-44(54(42)72-36-50(62)60-76(14,65)66)26-43-33-47(57(7,8)9)31-41(53(43)71-35-49(61)59-75(13,63)64)24-39(29-45)51(37)69-19-15-67-17-21-73-74-22-18-68-16-20-70-52(38)40/h27-34H,15-26,35-36H2,1-14H3,(H,59,61)(H,60,62). The summed E-state index contributed by atoms with van der Waals surface area (Å²) in [6.45, 7) is 26.2. The van der Waals surface area contributed by atoms with Crippen molar-refractivity contribution in [3.8, 4) is 23.0 Å². The zero-order valence-corrected chi connectivity index (χ0v) is 48.7. The first-order valence-electron chi connectivity index (χ1n) is 25.8. The highest BCUT2D eigenvalue weighted by Crippen LogP contribution is 2.44. The van der Waals surface area contributed by atoms with Gasteiger partial charge >= 0.3 is 0 Å². The summed E-state index contributed by atoms with van der Waals surface area (Å²) in [4.78, 5) is 37.5. The van der Waals surface area contributed by atoms with Gasteiger partial charge in [-0.3, -0.25) is 19.0 Å². The van der Waals surface area contributed by atoms with Crippen molar-refractivity contribution in [1.82, 2.24) is 9.44 Å². The maximum Gasteiger partial charge on any atom is 0.271 e. The summed E-state index contributed by atoms with van der Waals surface area (Å²) in [5.74, 6) is 0.261. The van der Waals surface area contributed by atoms with Crippen molar-refractivity contribution in [2.45, 2.75) is 130 Å². The minimum atomic E-state index is -3.94. The average Bonchev–Trinajstić information content (AvgIpc) is 3.26. The number of benzene rings is 4. The first-order chi connectivity index (χ1) is 35.2. The molecule has 0 saturated heterocycles. The minimum Gasteiger partial charge on any atom is -0.491 e. The van der Waals surface area contributed by atoms with E-state index in [-0.39, 0.29) is 82.9 Å². The Bertz CT molecular complexity index is 2780. The molecule has 1 aliphatic heterocycles. The highest BCUT2D eigenvalue weighted by atomic mass is 32.2. The Balaban J connectivity index is 1.78. The topological polar surface area (TPSA) is 200 Å². The van der Waals surface area contributed by atoms with Crippen LogP contribution in [0.3, 0.4) is 0 Å². The molecule has 0 radical (unpaired) electrons. The van der Waals surface area contributed by atoms with Crippen LogP contribution in [-0.4, -0.2) is 107 Å². The molecule has 1 heterocycles. The molecule has 76 heavy (non-hydrogen) atoms. The number of amides is 2. The molecule has 0 aromatic heterocycles. The summed E-state index contributed by atoms with van der Waals surface area (Å²) < 4.78 is 92.4. The van der Waals surface area contributed by atoms with Crippen molar-refractivity contribution in [3.05, 3.63) is 115 Å². The minimum absolute atomic E-state index is 0.134. The molecule has 4 aromatic carbocycles. The molecular formula is C58H80N2O14S2. The molecule has 1 aliphatic carbocycles. The number of hydrogen-bond acceptors (Lipinski definition) is 14. The predicted molar refractivity (Wildman–Crippen MR) is 293 cm³/mol. The van der Waals surface area contributed by atoms with Gasteiger partial charge in [0, 0.05) is 25.7 Å². The van der Waals surface area contributed by atoms with Crippen molar-refractivity contribution >= 4 is 31.9 Å². The summed E-state index contributed by atoms with van der Waals surface area (Å²) in [6.07, 6.45) is 2.80. The second-order valence-corrected chi connectivity index (χ2v) is 27.4. The van der Waals surface area contributed by atoms with Gasteiger partial charge in [0.15, 0.2) is 13.2 Å². The smallest absolute Gasteiger partial charge is 0.271 e. The second kappa shape index (κ2) is 24.2. The fourth-order valence-electron chi connectivity index (χ4n) is 9.02. The zero-order chi connectivity index (χ0) is 56.0. The van der Waals surface area contributed by atoms with Gasteiger partial charge in [0.25, 0.3) is 11.8 Å². The molecule has 0 atom stereocenters. The van der Waals surface area contributed by atoms with Gasteiger partial charge in [-0.2, -0.15) is 0 Å². The van der Waals surface area contributed by atoms with Crippen LogP contribution in [-0.2, 0) is 96.2 Å². The van der Waals surface area contributed by atoms with Gasteiger partial charge in [0.1, 0.15) is 49.4 Å². The number of sulfonamides is 2. The maximum atomic E-state index is 13.4. The predicted octanol–water partition coefficient (Wildman–Crippen LogP) is 8.22. The van der Waals surface area contributed by atoms with Crippen LogP contribution < -0.4 is 28.4 Å². The van der Waals surface area contributed by atoms with Crippen LogP contribution in [0, 0.1) is 0 Å². The second-order valence-electron chi connectivity index (χ2n) is 23.9. The van der Waals surface area contributed by atoms with Gasteiger partial charge in [0.2, 0.25) is 20.0 Å². The Morgan fingerprint density at radius 1 is 0.421 bits per heavy atom. The Morgan fingerprint density at radius 3 is 0.947 bits per heavy atom. The van der Waals surface area contributed by atoms with E-state index in [0.717, 1.165) is 57.0 Å². The third kappa shape index (κ3) is 17.1. The lowest BCUT2D eigenvalue weighted by Crippen LogP contribution is -2.33. The molecular weight excluding hydrogens is 1010 g/mol. The average molecular weight is 1090 g/mol. The van der Waals surface area contributed by atoms with Crippen LogP contribution in [0.25, 0.3) is 0 Å². The van der Waals surface area contributed by atoms with Gasteiger partial charge in [-0.15, -0.1) is 0 Å². The highest BCUT2D eigenvalue weighted by Gasteiger charge is 2.30. The van der Waals surface area contributed by atoms with Crippen LogP contribution in [0.4, 0.5) is 0 Å². The lowest BCUT2D eigenvalue weighted by Gasteiger charge is -2.29. The Kier molecular flexibility index (Phi) is 19.1. The number of ether oxygens (including phenoxy) is 6. The van der Waals surface area contributed by atoms with Gasteiger partial charge in [-0.1, -0.05) is 132 Å². The van der Waals surface area contributed by atoms with E-state index in [9.17, 15) is 26.4 Å². The van der Waals surface area contributed by atoms with Crippen LogP contribution in [0.5, 0.6) is 23.0 Å². The number of carbonyl (C=O) groups excluding carboxylic acids is 2. The third-order valence-electron chi connectivity index (χ3n) is 12.9. The fraction of sp³-hybridized carbons (Fsp3) is 0.552. The zero-order valence-electron chi connectivity index (χ0n) is 47.1. The van der Waals surface area contributed by atoms with Crippen LogP contribution in [0.15, 0.2) is 48.5 Å². The number of carbonyl (C=O) groups is 2. The Morgan fingerprint density at radius 2 is 0.671 bits per heavy atom. The highest BCUT2D eigenvalue weighted by molar-refractivity contribution is 7.89. The van der Waals surface area contributed by atoms with Crippen molar-refractivity contribution in [1.29, 1.82) is 0 Å². The molecule has 2 amide bonds. The molecule has 0 spiro atoms. The van der Waals surface area contributed by atoms with E-state index in [1.807, 2.05) is 21.6 Å². The van der Waals surface area contributed by atoms with Crippen molar-refractivity contribution in [2.75, 3.05) is 78.6 Å². The number of nitrogens with one attached hydrogen (secondary N) is 2. The van der Waals surface area contributed by atoms with E-state index in [1.165, 1.54) is 0 Å². The monoisotopic (exact) mass is 1090 g/mol. The fourth-order valence-corrected chi connectivity index (χ4v) is 9.97. The molecule has 418 valence electrons. The lowest BCUT2D eigenvalue weighted by atomic mass is 9.79. The van der Waals surface area contributed by atoms with Crippen LogP contribution in [0.1, 0.15) is 150 Å². The van der Waals surface area contributed by atoms with Gasteiger partial charge in [0.05, 0.1) is 38.9 Å². The molecule has 10 bridgehead atoms. The normalized spacial score (nSPS) is 15.8. The Hall–Kier alpha value is -5.24. The summed E-state index contributed by atoms with van der Waals surface area (Å²) in [5.41, 5.74) is 8.63. The molecule has 16 nitrogen and oxygen atoms in total. The number of rotatable bonds is 8. The summed E-state index contributed by atoms with van der Waals surface area (Å²) >= 11 is 0. The lowest BCUT2D eigenvalue weighted by molar-refractivity contribution is -0.303. The van der Waals surface area contributed by atoms with E-state index in [1.54, 1.807) is 0 Å². The van der Waals surface area contributed by atoms with E-state index in [4.69, 9.17) is 38.2 Å². The van der Waals surface area contributed by atoms with E-state index in [0.29, 0.717) is 51.7 Å². The Labute approximate surface area is 451 Å². The van der Waals surface area contributed by atoms with Crippen LogP contribution in [0.2, 0.25) is 0 Å². The van der Waals surface area contributed by atoms with E-state index >= 15 is 0 Å². The maximum absolute atomic E-state index is 13.4. The largest absolute Gasteiger partial charge is 0.491 e. The molecule has 0 unspecified atom stereocenters. The molecule has 6 rings (SSSR count). The SMILES string of the molecule is CC(C)(C)c1cc2c3c(c1)Cc1cc(C(C)(C)C)cc(c1OCC(=O)NS(C)(=O)=O)Cc1cc(C(C)(C)C)cc(c1OCC(=O)NS(C)(=O)=O)Cc1cc(C(C)(C)C)cc(c1OCCOCCOOCCOCCO3)C2. The summed E-state index contributed by atoms with van der Waals surface area (Å²) in [7, 11) is -7.87. The van der Waals surface area contributed by atoms with Gasteiger partial charge in [-0.25, -0.2) is 26.6 Å².